The highest BCUT2D eigenvalue weighted by Gasteiger charge is 2.59. The lowest BCUT2D eigenvalue weighted by molar-refractivity contribution is -0.137. The van der Waals surface area contributed by atoms with Crippen molar-refractivity contribution in [3.05, 3.63) is 29.8 Å². The van der Waals surface area contributed by atoms with Crippen LogP contribution in [-0.4, -0.2) is 63.0 Å². The highest BCUT2D eigenvalue weighted by atomic mass is 32.2. The van der Waals surface area contributed by atoms with Gasteiger partial charge in [0.1, 0.15) is 11.6 Å². The quantitative estimate of drug-likeness (QED) is 0.431. The van der Waals surface area contributed by atoms with Crippen molar-refractivity contribution in [1.82, 2.24) is 14.9 Å². The first-order chi connectivity index (χ1) is 18.8. The van der Waals surface area contributed by atoms with E-state index < -0.39 is 27.8 Å². The highest BCUT2D eigenvalue weighted by molar-refractivity contribution is 7.88. The van der Waals surface area contributed by atoms with Gasteiger partial charge in [0.25, 0.3) is 0 Å². The molecule has 3 aliphatic rings. The Balaban J connectivity index is 1.31. The van der Waals surface area contributed by atoms with Gasteiger partial charge in [-0.3, -0.25) is 9.59 Å². The van der Waals surface area contributed by atoms with E-state index in [0.717, 1.165) is 51.4 Å². The van der Waals surface area contributed by atoms with Gasteiger partial charge in [-0.15, -0.1) is 0 Å². The molecule has 1 aliphatic heterocycles. The average Bonchev–Trinajstić information content (AvgIpc) is 3.61. The highest BCUT2D eigenvalue weighted by Crippen LogP contribution is 2.59. The number of carbonyl (C=O) groups is 3. The summed E-state index contributed by atoms with van der Waals surface area (Å²) in [7, 11) is -1.98. The predicted molar refractivity (Wildman–Crippen MR) is 153 cm³/mol. The number of hydrogen-bond donors (Lipinski definition) is 3. The normalized spacial score (nSPS) is 21.9. The van der Waals surface area contributed by atoms with Crippen LogP contribution in [0, 0.1) is 17.3 Å². The molecule has 0 radical (unpaired) electrons. The number of nitrogens with one attached hydrogen (secondary N) is 3. The molecule has 0 bridgehead atoms. The molecule has 1 spiro atoms. The summed E-state index contributed by atoms with van der Waals surface area (Å²) >= 11 is 0. The number of nitrogens with zero attached hydrogens (tertiary/aromatic N) is 1. The second kappa shape index (κ2) is 12.1. The fourth-order valence-corrected chi connectivity index (χ4v) is 6.90. The molecular formula is C29H44N4O6S. The van der Waals surface area contributed by atoms with Crippen LogP contribution in [0.5, 0.6) is 0 Å². The van der Waals surface area contributed by atoms with Gasteiger partial charge in [0.05, 0.1) is 5.75 Å². The molecule has 2 atom stereocenters. The Morgan fingerprint density at radius 2 is 1.68 bits per heavy atom. The van der Waals surface area contributed by atoms with Crippen molar-refractivity contribution in [2.45, 2.75) is 89.5 Å². The molecule has 1 unspecified atom stereocenters. The topological polar surface area (TPSA) is 134 Å². The number of benzene rings is 1. The van der Waals surface area contributed by atoms with Crippen molar-refractivity contribution in [3.8, 4) is 0 Å². The largest absolute Gasteiger partial charge is 0.444 e. The predicted octanol–water partition coefficient (Wildman–Crippen LogP) is 3.78. The van der Waals surface area contributed by atoms with Gasteiger partial charge in [0.15, 0.2) is 0 Å². The molecule has 1 heterocycles. The van der Waals surface area contributed by atoms with Crippen molar-refractivity contribution in [1.29, 1.82) is 0 Å². The minimum Gasteiger partial charge on any atom is -0.444 e. The van der Waals surface area contributed by atoms with Gasteiger partial charge in [-0.2, -0.15) is 0 Å². The van der Waals surface area contributed by atoms with E-state index >= 15 is 0 Å². The van der Waals surface area contributed by atoms with E-state index in [0.29, 0.717) is 24.3 Å². The van der Waals surface area contributed by atoms with E-state index in [9.17, 15) is 22.8 Å². The monoisotopic (exact) mass is 576 g/mol. The van der Waals surface area contributed by atoms with Crippen molar-refractivity contribution in [3.63, 3.8) is 0 Å². The Kier molecular flexibility index (Phi) is 9.14. The second-order valence-electron chi connectivity index (χ2n) is 12.6. The summed E-state index contributed by atoms with van der Waals surface area (Å²) in [6.07, 6.45) is 6.84. The zero-order valence-corrected chi connectivity index (χ0v) is 24.9. The van der Waals surface area contributed by atoms with Crippen LogP contribution >= 0.6 is 0 Å². The van der Waals surface area contributed by atoms with Crippen molar-refractivity contribution in [2.24, 2.45) is 17.3 Å². The third-order valence-corrected chi connectivity index (χ3v) is 9.86. The minimum absolute atomic E-state index is 0.0398. The van der Waals surface area contributed by atoms with Gasteiger partial charge < -0.3 is 20.3 Å². The molecule has 10 nitrogen and oxygen atoms in total. The maximum absolute atomic E-state index is 13.7. The van der Waals surface area contributed by atoms with Crippen LogP contribution in [0.3, 0.4) is 0 Å². The number of sulfonamides is 1. The molecule has 1 saturated heterocycles. The number of hydrogen-bond acceptors (Lipinski definition) is 6. The summed E-state index contributed by atoms with van der Waals surface area (Å²) in [4.78, 5) is 41.1. The van der Waals surface area contributed by atoms with Crippen molar-refractivity contribution < 1.29 is 27.5 Å². The second-order valence-corrected chi connectivity index (χ2v) is 14.5. The number of amides is 3. The fourth-order valence-electron chi connectivity index (χ4n) is 6.13. The number of carbonyl (C=O) groups excluding carboxylic acids is 3. The fraction of sp³-hybridized carbons (Fsp3) is 0.690. The van der Waals surface area contributed by atoms with Crippen LogP contribution in [0.25, 0.3) is 0 Å². The Hall–Kier alpha value is -2.66. The molecule has 0 aromatic heterocycles. The Bertz CT molecular complexity index is 1180. The zero-order valence-electron chi connectivity index (χ0n) is 24.1. The van der Waals surface area contributed by atoms with E-state index in [1.54, 1.807) is 24.3 Å². The van der Waals surface area contributed by atoms with Gasteiger partial charge in [0, 0.05) is 24.7 Å². The van der Waals surface area contributed by atoms with Crippen LogP contribution in [-0.2, 0) is 30.1 Å². The third-order valence-electron chi connectivity index (χ3n) is 8.53. The summed E-state index contributed by atoms with van der Waals surface area (Å²) in [5.74, 6) is -0.207. The van der Waals surface area contributed by atoms with Gasteiger partial charge in [-0.25, -0.2) is 17.9 Å². The molecule has 4 rings (SSSR count). The van der Waals surface area contributed by atoms with Crippen LogP contribution in [0.15, 0.2) is 24.3 Å². The smallest absolute Gasteiger partial charge is 0.408 e. The van der Waals surface area contributed by atoms with Crippen molar-refractivity contribution >= 4 is 33.6 Å². The number of piperidine rings is 1. The molecule has 2 saturated carbocycles. The number of anilines is 1. The molecule has 222 valence electrons. The van der Waals surface area contributed by atoms with Crippen LogP contribution in [0.2, 0.25) is 0 Å². The lowest BCUT2D eigenvalue weighted by Crippen LogP contribution is -2.55. The molecule has 3 N–H and O–H groups in total. The first-order valence-electron chi connectivity index (χ1n) is 14.4. The lowest BCUT2D eigenvalue weighted by atomic mass is 9.82. The first kappa shape index (κ1) is 30.3. The maximum Gasteiger partial charge on any atom is 0.408 e. The standard InChI is InChI=1S/C29H44N4O6S/c1-28(2,3)39-27(36)32-24(21-8-6-5-7-9-21)26(35)33-16-14-29(15-17-33)18-23(29)25(34)31-22-12-10-20(11-13-22)19-40(37,38)30-4/h10-13,21,23-24,30H,5-9,14-19H2,1-4H3,(H,31,34)(H,32,36)/t23?,24-/m0/s1. The molecule has 2 aliphatic carbocycles. The zero-order chi connectivity index (χ0) is 29.1. The van der Waals surface area contributed by atoms with Crippen LogP contribution in [0.4, 0.5) is 10.5 Å². The lowest BCUT2D eigenvalue weighted by Gasteiger charge is -2.38. The number of ether oxygens (including phenoxy) is 1. The summed E-state index contributed by atoms with van der Waals surface area (Å²) in [6.45, 7) is 6.56. The van der Waals surface area contributed by atoms with Gasteiger partial charge in [0.2, 0.25) is 21.8 Å². The average molecular weight is 577 g/mol. The van der Waals surface area contributed by atoms with E-state index in [2.05, 4.69) is 15.4 Å². The minimum atomic E-state index is -3.36. The van der Waals surface area contributed by atoms with Gasteiger partial charge in [-0.1, -0.05) is 31.4 Å². The first-order valence-corrected chi connectivity index (χ1v) is 16.1. The number of rotatable bonds is 8. The van der Waals surface area contributed by atoms with Crippen molar-refractivity contribution in [2.75, 3.05) is 25.5 Å². The molecule has 1 aromatic rings. The van der Waals surface area contributed by atoms with E-state index in [4.69, 9.17) is 4.74 Å². The van der Waals surface area contributed by atoms with Crippen LogP contribution in [0.1, 0.15) is 77.7 Å². The Labute approximate surface area is 238 Å². The van der Waals surface area contributed by atoms with Gasteiger partial charge >= 0.3 is 6.09 Å². The van der Waals surface area contributed by atoms with Gasteiger partial charge in [-0.05, 0) is 89.0 Å². The van der Waals surface area contributed by atoms with E-state index in [1.807, 2.05) is 25.7 Å². The van der Waals surface area contributed by atoms with Crippen LogP contribution < -0.4 is 15.4 Å². The van der Waals surface area contributed by atoms with E-state index in [1.165, 1.54) is 7.05 Å². The molecule has 11 heteroatoms. The third kappa shape index (κ3) is 7.75. The summed E-state index contributed by atoms with van der Waals surface area (Å²) in [6, 6.07) is 6.25. The Morgan fingerprint density at radius 1 is 1.05 bits per heavy atom. The number of likely N-dealkylation sites (tertiary alicyclic amines) is 1. The van der Waals surface area contributed by atoms with E-state index in [-0.39, 0.29) is 34.8 Å². The summed E-state index contributed by atoms with van der Waals surface area (Å²) in [5.41, 5.74) is 0.535. The molecular weight excluding hydrogens is 532 g/mol. The maximum atomic E-state index is 13.7. The number of alkyl carbamates (subject to hydrolysis) is 1. The summed E-state index contributed by atoms with van der Waals surface area (Å²) in [5, 5.41) is 5.87. The SMILES string of the molecule is CNS(=O)(=O)Cc1ccc(NC(=O)C2CC23CCN(C(=O)[C@@H](NC(=O)OC(C)(C)C)C2CCCCC2)CC3)cc1. The molecule has 3 fully saturated rings. The molecule has 3 amide bonds. The summed E-state index contributed by atoms with van der Waals surface area (Å²) < 4.78 is 31.3. The Morgan fingerprint density at radius 3 is 2.25 bits per heavy atom. The molecule has 40 heavy (non-hydrogen) atoms. The molecule has 1 aromatic carbocycles.